The van der Waals surface area contributed by atoms with E-state index in [1.54, 1.807) is 44.3 Å². The number of anilines is 3. The van der Waals surface area contributed by atoms with Gasteiger partial charge in [-0.3, -0.25) is 14.9 Å². The van der Waals surface area contributed by atoms with E-state index in [9.17, 15) is 31.2 Å². The van der Waals surface area contributed by atoms with Crippen molar-refractivity contribution in [2.24, 2.45) is 5.92 Å². The molecule has 5 N–H and O–H groups in total. The standard InChI is InChI=1S/C39H47N5O9S.C2HF3O2/c1-8-52-32-20-25(9-13-31(32)53-22(2)3)34(42-26-10-12-28-24(19-26)15-17-41-36(28)40)37(45)44-18-16-29(38(46)50-6)35(44)30-21-27(43-39(47)51-7)11-14-33(30)54(48,49)23(4)5;3-2(4,5)1(6)7/h9-15,17,19-23,29,34-35,42H,8,16,18H2,1-7H3,(H2,40,41)(H,43,47);(H,6,7)/t29-,34?,35-;/m1./s1. The first-order chi connectivity index (χ1) is 28.6. The van der Waals surface area contributed by atoms with Gasteiger partial charge in [0.15, 0.2) is 21.3 Å². The van der Waals surface area contributed by atoms with Crippen LogP contribution in [-0.4, -0.2) is 92.2 Å². The van der Waals surface area contributed by atoms with Gasteiger partial charge in [-0.05, 0) is 112 Å². The number of aliphatic carboxylic acids is 1. The first-order valence-corrected chi connectivity index (χ1v) is 20.4. The van der Waals surface area contributed by atoms with Gasteiger partial charge in [-0.1, -0.05) is 6.07 Å². The van der Waals surface area contributed by atoms with Crippen molar-refractivity contribution in [3.05, 3.63) is 78.0 Å². The number of alkyl halides is 3. The maximum Gasteiger partial charge on any atom is 0.490 e. The normalized spacial score (nSPS) is 15.7. The Morgan fingerprint density at radius 3 is 2.21 bits per heavy atom. The minimum absolute atomic E-state index is 0.0782. The number of carbonyl (C=O) groups is 4. The molecular formula is C41H48F3N5O11S. The molecule has 1 aliphatic heterocycles. The van der Waals surface area contributed by atoms with E-state index in [-0.39, 0.29) is 35.2 Å². The third-order valence-corrected chi connectivity index (χ3v) is 11.7. The SMILES string of the molecule is CCOc1cc(C(Nc2ccc3c(N)nccc3c2)C(=O)N2CC[C@@H](C(=O)OC)[C@@H]2c2cc(NC(=O)OC)ccc2S(=O)(=O)C(C)C)ccc1OC(C)C.O=C(O)C(F)(F)F. The Morgan fingerprint density at radius 2 is 1.62 bits per heavy atom. The van der Waals surface area contributed by atoms with Crippen molar-refractivity contribution < 1.29 is 64.8 Å². The number of ether oxygens (including phenoxy) is 4. The molecule has 0 bridgehead atoms. The number of sulfone groups is 1. The van der Waals surface area contributed by atoms with Crippen LogP contribution >= 0.6 is 0 Å². The summed E-state index contributed by atoms with van der Waals surface area (Å²) in [7, 11) is -1.53. The topological polar surface area (TPSA) is 226 Å². The number of methoxy groups -OCH3 is 2. The highest BCUT2D eigenvalue weighted by molar-refractivity contribution is 7.92. The summed E-state index contributed by atoms with van der Waals surface area (Å²) in [6, 6.07) is 14.6. The van der Waals surface area contributed by atoms with E-state index in [0.717, 1.165) is 10.8 Å². The van der Waals surface area contributed by atoms with Crippen molar-refractivity contribution >= 4 is 61.7 Å². The largest absolute Gasteiger partial charge is 0.490 e. The van der Waals surface area contributed by atoms with Crippen molar-refractivity contribution in [2.75, 3.05) is 43.7 Å². The zero-order chi connectivity index (χ0) is 45.4. The fourth-order valence-corrected chi connectivity index (χ4v) is 7.87. The number of amides is 2. The number of pyridine rings is 1. The van der Waals surface area contributed by atoms with Crippen LogP contribution in [0.4, 0.5) is 35.2 Å². The maximum absolute atomic E-state index is 15.2. The van der Waals surface area contributed by atoms with Crippen LogP contribution in [0.2, 0.25) is 0 Å². The molecule has 0 radical (unpaired) electrons. The molecule has 0 saturated carbocycles. The minimum atomic E-state index is -5.08. The van der Waals surface area contributed by atoms with E-state index in [1.807, 2.05) is 39.0 Å². The number of rotatable bonds is 13. The highest BCUT2D eigenvalue weighted by atomic mass is 32.2. The monoisotopic (exact) mass is 875 g/mol. The van der Waals surface area contributed by atoms with Crippen molar-refractivity contribution in [3.63, 3.8) is 0 Å². The van der Waals surface area contributed by atoms with E-state index < -0.39 is 63.2 Å². The van der Waals surface area contributed by atoms with Crippen LogP contribution in [0.3, 0.4) is 0 Å². The van der Waals surface area contributed by atoms with Crippen LogP contribution in [0.25, 0.3) is 10.8 Å². The van der Waals surface area contributed by atoms with E-state index in [2.05, 4.69) is 15.6 Å². The second-order valence-corrected chi connectivity index (χ2v) is 16.6. The van der Waals surface area contributed by atoms with Gasteiger partial charge in [0.1, 0.15) is 11.9 Å². The lowest BCUT2D eigenvalue weighted by atomic mass is 9.92. The van der Waals surface area contributed by atoms with E-state index in [4.69, 9.17) is 34.6 Å². The number of nitrogens with two attached hydrogens (primary N) is 1. The van der Waals surface area contributed by atoms with Gasteiger partial charge < -0.3 is 40.0 Å². The van der Waals surface area contributed by atoms with Crippen LogP contribution in [0.15, 0.2) is 71.8 Å². The molecule has 61 heavy (non-hydrogen) atoms. The van der Waals surface area contributed by atoms with Gasteiger partial charge in [0.25, 0.3) is 0 Å². The summed E-state index contributed by atoms with van der Waals surface area (Å²) in [5, 5.41) is 13.8. The first-order valence-electron chi connectivity index (χ1n) is 18.9. The van der Waals surface area contributed by atoms with E-state index in [1.165, 1.54) is 37.3 Å². The molecule has 1 fully saturated rings. The summed E-state index contributed by atoms with van der Waals surface area (Å²) in [6.07, 6.45) is -4.23. The van der Waals surface area contributed by atoms with Crippen molar-refractivity contribution in [1.29, 1.82) is 0 Å². The average Bonchev–Trinajstić information content (AvgIpc) is 3.65. The molecule has 1 aromatic heterocycles. The molecule has 20 heteroatoms. The summed E-state index contributed by atoms with van der Waals surface area (Å²) < 4.78 is 81.4. The van der Waals surface area contributed by atoms with Crippen LogP contribution < -0.4 is 25.8 Å². The molecule has 330 valence electrons. The number of nitrogen functional groups attached to an aromatic ring is 1. The van der Waals surface area contributed by atoms with Gasteiger partial charge in [0.2, 0.25) is 5.91 Å². The summed E-state index contributed by atoms with van der Waals surface area (Å²) in [6.45, 7) is 9.15. The summed E-state index contributed by atoms with van der Waals surface area (Å²) in [4.78, 5) is 55.4. The molecule has 2 amide bonds. The lowest BCUT2D eigenvalue weighted by molar-refractivity contribution is -0.192. The molecule has 5 rings (SSSR count). The predicted molar refractivity (Wildman–Crippen MR) is 219 cm³/mol. The number of aromatic nitrogens is 1. The number of carboxylic acid groups (broad SMARTS) is 1. The maximum atomic E-state index is 15.2. The third kappa shape index (κ3) is 11.3. The van der Waals surface area contributed by atoms with E-state index >= 15 is 4.79 Å². The van der Waals surface area contributed by atoms with Gasteiger partial charge in [0.05, 0.1) is 49.0 Å². The number of hydrogen-bond donors (Lipinski definition) is 4. The number of nitrogens with one attached hydrogen (secondary N) is 2. The zero-order valence-electron chi connectivity index (χ0n) is 34.4. The number of fused-ring (bicyclic) bond motifs is 1. The molecule has 1 unspecified atom stereocenters. The lowest BCUT2D eigenvalue weighted by Gasteiger charge is -2.33. The highest BCUT2D eigenvalue weighted by Crippen LogP contribution is 2.44. The van der Waals surface area contributed by atoms with Crippen LogP contribution in [-0.2, 0) is 33.7 Å². The van der Waals surface area contributed by atoms with Gasteiger partial charge in [-0.25, -0.2) is 23.0 Å². The molecule has 1 aliphatic rings. The van der Waals surface area contributed by atoms with Crippen molar-refractivity contribution in [1.82, 2.24) is 9.88 Å². The van der Waals surface area contributed by atoms with Gasteiger partial charge in [-0.2, -0.15) is 13.2 Å². The molecular weight excluding hydrogens is 828 g/mol. The van der Waals surface area contributed by atoms with Gasteiger partial charge >= 0.3 is 24.2 Å². The number of benzene rings is 3. The fraction of sp³-hybridized carbons (Fsp3) is 0.390. The number of carboxylic acids is 1. The van der Waals surface area contributed by atoms with Crippen molar-refractivity contribution in [2.45, 2.75) is 75.5 Å². The minimum Gasteiger partial charge on any atom is -0.490 e. The Balaban J connectivity index is 0.00000107. The second kappa shape index (κ2) is 19.8. The Hall–Kier alpha value is -6.31. The number of likely N-dealkylation sites (tertiary alicyclic amines) is 1. The number of esters is 1. The number of nitrogens with zero attached hydrogens (tertiary/aromatic N) is 2. The molecule has 3 atom stereocenters. The molecule has 3 aromatic carbocycles. The quantitative estimate of drug-likeness (QED) is 0.100. The number of halogens is 3. The summed E-state index contributed by atoms with van der Waals surface area (Å²) in [5.41, 5.74) is 7.59. The first kappa shape index (κ1) is 47.4. The Labute approximate surface area is 350 Å². The fourth-order valence-electron chi connectivity index (χ4n) is 6.60. The highest BCUT2D eigenvalue weighted by Gasteiger charge is 2.47. The summed E-state index contributed by atoms with van der Waals surface area (Å²) >= 11 is 0. The smallest absolute Gasteiger partial charge is 0.490 e. The van der Waals surface area contributed by atoms with Crippen LogP contribution in [0.1, 0.15) is 64.3 Å². The van der Waals surface area contributed by atoms with Gasteiger partial charge in [0, 0.05) is 29.5 Å². The zero-order valence-corrected chi connectivity index (χ0v) is 35.2. The molecule has 0 aliphatic carbocycles. The molecule has 4 aromatic rings. The number of carbonyl (C=O) groups excluding carboxylic acids is 3. The second-order valence-electron chi connectivity index (χ2n) is 14.2. The Kier molecular flexibility index (Phi) is 15.4. The number of hydrogen-bond acceptors (Lipinski definition) is 13. The van der Waals surface area contributed by atoms with E-state index in [0.29, 0.717) is 35.2 Å². The Morgan fingerprint density at radius 1 is 0.951 bits per heavy atom. The molecule has 0 spiro atoms. The summed E-state index contributed by atoms with van der Waals surface area (Å²) in [5.74, 6) is -3.48. The molecule has 1 saturated heterocycles. The van der Waals surface area contributed by atoms with Crippen LogP contribution in [0.5, 0.6) is 11.5 Å². The van der Waals surface area contributed by atoms with Gasteiger partial charge in [-0.15, -0.1) is 0 Å². The molecule has 2 heterocycles. The predicted octanol–water partition coefficient (Wildman–Crippen LogP) is 6.91. The van der Waals surface area contributed by atoms with Crippen molar-refractivity contribution in [3.8, 4) is 11.5 Å². The Bertz CT molecular complexity index is 2360. The lowest BCUT2D eigenvalue weighted by Crippen LogP contribution is -2.40. The average molecular weight is 876 g/mol. The van der Waals surface area contributed by atoms with Crippen LogP contribution in [0, 0.1) is 5.92 Å². The third-order valence-electron chi connectivity index (χ3n) is 9.43. The molecule has 16 nitrogen and oxygen atoms in total.